The second-order valence-electron chi connectivity index (χ2n) is 7.49. The number of ether oxygens (including phenoxy) is 1. The van der Waals surface area contributed by atoms with Crippen LogP contribution >= 0.6 is 0 Å². The smallest absolute Gasteiger partial charge is 0.410 e. The average molecular weight is 358 g/mol. The third-order valence-electron chi connectivity index (χ3n) is 4.07. The highest BCUT2D eigenvalue weighted by Crippen LogP contribution is 2.19. The summed E-state index contributed by atoms with van der Waals surface area (Å²) in [5, 5.41) is 20.4. The van der Waals surface area contributed by atoms with E-state index in [2.05, 4.69) is 5.32 Å². The molecule has 0 aromatic heterocycles. The molecule has 0 bridgehead atoms. The number of carbonyl (C=O) groups is 3. The van der Waals surface area contributed by atoms with Crippen molar-refractivity contribution in [2.75, 3.05) is 26.2 Å². The Morgan fingerprint density at radius 3 is 2.08 bits per heavy atom. The summed E-state index contributed by atoms with van der Waals surface area (Å²) in [5.41, 5.74) is -0.534. The summed E-state index contributed by atoms with van der Waals surface area (Å²) < 4.78 is 5.20. The molecule has 2 unspecified atom stereocenters. The zero-order valence-electron chi connectivity index (χ0n) is 15.3. The zero-order valence-corrected chi connectivity index (χ0v) is 15.3. The van der Waals surface area contributed by atoms with Crippen molar-refractivity contribution in [3.63, 3.8) is 0 Å². The second-order valence-corrected chi connectivity index (χ2v) is 7.49. The Kier molecular flexibility index (Phi) is 8.15. The molecule has 0 aromatic rings. The Morgan fingerprint density at radius 1 is 1.04 bits per heavy atom. The standard InChI is InChI=1S/C11H19NO4.C6H11NO2/c1-11(2,3)16-10(15)12-6-4-5-8(7-12)9(13)14;8-6(9)5-2-1-3-7-4-5/h8H,4-7H2,1-3H3,(H,13,14);5,7H,1-4H2,(H,8,9). The van der Waals surface area contributed by atoms with Crippen LogP contribution in [0.3, 0.4) is 0 Å². The fraction of sp³-hybridized carbons (Fsp3) is 0.824. The van der Waals surface area contributed by atoms with Gasteiger partial charge >= 0.3 is 18.0 Å². The van der Waals surface area contributed by atoms with E-state index in [-0.39, 0.29) is 12.5 Å². The maximum absolute atomic E-state index is 11.7. The van der Waals surface area contributed by atoms with E-state index in [0.29, 0.717) is 19.5 Å². The third kappa shape index (κ3) is 8.20. The van der Waals surface area contributed by atoms with Crippen LogP contribution in [0.4, 0.5) is 4.79 Å². The number of carboxylic acid groups (broad SMARTS) is 2. The summed E-state index contributed by atoms with van der Waals surface area (Å²) in [4.78, 5) is 34.3. The minimum Gasteiger partial charge on any atom is -0.481 e. The van der Waals surface area contributed by atoms with Gasteiger partial charge in [-0.15, -0.1) is 0 Å². The van der Waals surface area contributed by atoms with E-state index in [1.807, 2.05) is 0 Å². The van der Waals surface area contributed by atoms with Gasteiger partial charge in [0.15, 0.2) is 0 Å². The number of carboxylic acids is 2. The van der Waals surface area contributed by atoms with Gasteiger partial charge in [0.25, 0.3) is 0 Å². The molecule has 3 N–H and O–H groups in total. The first kappa shape index (κ1) is 21.2. The molecule has 2 atom stereocenters. The van der Waals surface area contributed by atoms with E-state index in [1.165, 1.54) is 4.90 Å². The normalized spacial score (nSPS) is 23.9. The molecule has 8 nitrogen and oxygen atoms in total. The van der Waals surface area contributed by atoms with Crippen molar-refractivity contribution in [2.24, 2.45) is 11.8 Å². The van der Waals surface area contributed by atoms with Crippen LogP contribution < -0.4 is 5.32 Å². The molecule has 0 saturated carbocycles. The number of rotatable bonds is 2. The summed E-state index contributed by atoms with van der Waals surface area (Å²) in [6, 6.07) is 0. The number of nitrogens with one attached hydrogen (secondary N) is 1. The monoisotopic (exact) mass is 358 g/mol. The summed E-state index contributed by atoms with van der Waals surface area (Å²) in [6.07, 6.45) is 2.77. The lowest BCUT2D eigenvalue weighted by molar-refractivity contribution is -0.144. The summed E-state index contributed by atoms with van der Waals surface area (Å²) >= 11 is 0. The predicted octanol–water partition coefficient (Wildman–Crippen LogP) is 1.79. The topological polar surface area (TPSA) is 116 Å². The fourth-order valence-corrected chi connectivity index (χ4v) is 2.73. The minimum atomic E-state index is -0.840. The molecule has 2 saturated heterocycles. The highest BCUT2D eigenvalue weighted by atomic mass is 16.6. The van der Waals surface area contributed by atoms with E-state index < -0.39 is 29.6 Å². The van der Waals surface area contributed by atoms with E-state index in [9.17, 15) is 14.4 Å². The molecule has 8 heteroatoms. The lowest BCUT2D eigenvalue weighted by Crippen LogP contribution is -2.44. The second kappa shape index (κ2) is 9.60. The summed E-state index contributed by atoms with van der Waals surface area (Å²) in [5.74, 6) is -2.10. The molecule has 2 rings (SSSR count). The number of carbonyl (C=O) groups excluding carboxylic acids is 1. The number of amides is 1. The largest absolute Gasteiger partial charge is 0.481 e. The van der Waals surface area contributed by atoms with Crippen LogP contribution in [0.2, 0.25) is 0 Å². The zero-order chi connectivity index (χ0) is 19.0. The molecule has 0 spiro atoms. The van der Waals surface area contributed by atoms with Gasteiger partial charge in [-0.2, -0.15) is 0 Å². The van der Waals surface area contributed by atoms with Crippen LogP contribution in [-0.2, 0) is 14.3 Å². The quantitative estimate of drug-likeness (QED) is 0.689. The third-order valence-corrected chi connectivity index (χ3v) is 4.07. The molecule has 0 aromatic carbocycles. The minimum absolute atomic E-state index is 0.140. The van der Waals surface area contributed by atoms with E-state index in [4.69, 9.17) is 14.9 Å². The lowest BCUT2D eigenvalue weighted by atomic mass is 9.99. The Labute approximate surface area is 148 Å². The Morgan fingerprint density at radius 2 is 1.64 bits per heavy atom. The van der Waals surface area contributed by atoms with Gasteiger partial charge in [-0.1, -0.05) is 0 Å². The van der Waals surface area contributed by atoms with E-state index >= 15 is 0 Å². The van der Waals surface area contributed by atoms with Crippen molar-refractivity contribution < 1.29 is 29.3 Å². The van der Waals surface area contributed by atoms with Gasteiger partial charge in [-0.05, 0) is 53.0 Å². The fourth-order valence-electron chi connectivity index (χ4n) is 2.73. The van der Waals surface area contributed by atoms with Gasteiger partial charge in [0.1, 0.15) is 5.60 Å². The lowest BCUT2D eigenvalue weighted by Gasteiger charge is -2.32. The molecule has 2 aliphatic heterocycles. The molecule has 1 amide bonds. The van der Waals surface area contributed by atoms with Gasteiger partial charge in [0.2, 0.25) is 0 Å². The number of nitrogens with zero attached hydrogens (tertiary/aromatic N) is 1. The molecular weight excluding hydrogens is 328 g/mol. The highest BCUT2D eigenvalue weighted by Gasteiger charge is 2.30. The first-order valence-corrected chi connectivity index (χ1v) is 8.74. The van der Waals surface area contributed by atoms with Crippen LogP contribution in [0.5, 0.6) is 0 Å². The summed E-state index contributed by atoms with van der Waals surface area (Å²) in [6.45, 7) is 7.85. The molecular formula is C17H30N2O6. The van der Waals surface area contributed by atoms with Gasteiger partial charge in [0.05, 0.1) is 11.8 Å². The SMILES string of the molecule is CC(C)(C)OC(=O)N1CCCC(C(=O)O)C1.O=C(O)C1CCCNC1. The molecule has 0 aliphatic carbocycles. The number of aliphatic carboxylic acids is 2. The molecule has 25 heavy (non-hydrogen) atoms. The maximum Gasteiger partial charge on any atom is 0.410 e. The van der Waals surface area contributed by atoms with Crippen molar-refractivity contribution in [1.82, 2.24) is 10.2 Å². The number of likely N-dealkylation sites (tertiary alicyclic amines) is 1. The van der Waals surface area contributed by atoms with Crippen molar-refractivity contribution in [2.45, 2.75) is 52.1 Å². The Hall–Kier alpha value is -1.83. The van der Waals surface area contributed by atoms with Crippen molar-refractivity contribution >= 4 is 18.0 Å². The average Bonchev–Trinajstić information content (AvgIpc) is 2.55. The van der Waals surface area contributed by atoms with Gasteiger partial charge in [-0.25, -0.2) is 4.79 Å². The number of hydrogen-bond acceptors (Lipinski definition) is 5. The van der Waals surface area contributed by atoms with E-state index in [0.717, 1.165) is 25.8 Å². The Balaban J connectivity index is 0.000000293. The number of piperidine rings is 2. The number of hydrogen-bond donors (Lipinski definition) is 3. The van der Waals surface area contributed by atoms with Crippen molar-refractivity contribution in [1.29, 1.82) is 0 Å². The highest BCUT2D eigenvalue weighted by molar-refractivity contribution is 5.73. The first-order chi connectivity index (χ1) is 11.6. The summed E-state index contributed by atoms with van der Waals surface area (Å²) in [7, 11) is 0. The van der Waals surface area contributed by atoms with Crippen LogP contribution in [-0.4, -0.2) is 64.9 Å². The maximum atomic E-state index is 11.7. The molecule has 2 heterocycles. The van der Waals surface area contributed by atoms with Crippen molar-refractivity contribution in [3.05, 3.63) is 0 Å². The van der Waals surface area contributed by atoms with Gasteiger partial charge in [0, 0.05) is 19.6 Å². The molecule has 144 valence electrons. The van der Waals surface area contributed by atoms with Crippen LogP contribution in [0.25, 0.3) is 0 Å². The first-order valence-electron chi connectivity index (χ1n) is 8.74. The predicted molar refractivity (Wildman–Crippen MR) is 91.4 cm³/mol. The van der Waals surface area contributed by atoms with Crippen LogP contribution in [0.15, 0.2) is 0 Å². The van der Waals surface area contributed by atoms with Gasteiger partial charge < -0.3 is 25.2 Å². The van der Waals surface area contributed by atoms with Crippen molar-refractivity contribution in [3.8, 4) is 0 Å². The Bertz CT molecular complexity index is 468. The molecule has 0 radical (unpaired) electrons. The molecule has 2 fully saturated rings. The van der Waals surface area contributed by atoms with E-state index in [1.54, 1.807) is 20.8 Å². The van der Waals surface area contributed by atoms with Crippen LogP contribution in [0, 0.1) is 11.8 Å². The molecule has 2 aliphatic rings. The van der Waals surface area contributed by atoms with Crippen LogP contribution in [0.1, 0.15) is 46.5 Å². The van der Waals surface area contributed by atoms with Gasteiger partial charge in [-0.3, -0.25) is 9.59 Å².